The van der Waals surface area contributed by atoms with Crippen LogP contribution in [0.2, 0.25) is 0 Å². The molecule has 182 valence electrons. The smallest absolute Gasteiger partial charge is 0.191 e. The van der Waals surface area contributed by atoms with E-state index < -0.39 is 5.60 Å². The first-order valence-corrected chi connectivity index (χ1v) is 11.2. The summed E-state index contributed by atoms with van der Waals surface area (Å²) in [7, 11) is 0. The summed E-state index contributed by atoms with van der Waals surface area (Å²) in [5.41, 5.74) is 0.118. The zero-order valence-corrected chi connectivity index (χ0v) is 22.1. The van der Waals surface area contributed by atoms with E-state index in [1.54, 1.807) is 0 Å². The first-order valence-electron chi connectivity index (χ1n) is 11.2. The molecule has 0 bridgehead atoms. The summed E-state index contributed by atoms with van der Waals surface area (Å²) in [5, 5.41) is 17.6. The van der Waals surface area contributed by atoms with Crippen LogP contribution in [0.4, 0.5) is 0 Å². The number of guanidine groups is 1. The minimum atomic E-state index is -0.898. The molecule has 0 saturated carbocycles. The van der Waals surface area contributed by atoms with Crippen LogP contribution in [0.1, 0.15) is 33.3 Å². The lowest BCUT2D eigenvalue weighted by molar-refractivity contribution is -0.0180. The van der Waals surface area contributed by atoms with Gasteiger partial charge in [0, 0.05) is 38.1 Å². The zero-order chi connectivity index (χ0) is 22.3. The fourth-order valence-corrected chi connectivity index (χ4v) is 3.75. The molecule has 9 heteroatoms. The van der Waals surface area contributed by atoms with Gasteiger partial charge in [-0.1, -0.05) is 19.9 Å². The summed E-state index contributed by atoms with van der Waals surface area (Å²) in [6.07, 6.45) is 0. The standard InChI is InChI=1S/C23H38N4O4.HI/c1-5-24-21(26-16-23(4,28)17-27-8-10-29-11-9-27)25-15-22(2,3)18-6-7-19-20(14-18)31-13-12-30-19;/h6-7,14,28H,5,8-13,15-17H2,1-4H3,(H2,24,25,26);1H. The van der Waals surface area contributed by atoms with Gasteiger partial charge >= 0.3 is 0 Å². The van der Waals surface area contributed by atoms with Crippen LogP contribution in [-0.2, 0) is 10.2 Å². The predicted octanol–water partition coefficient (Wildman–Crippen LogP) is 1.99. The molecule has 2 heterocycles. The summed E-state index contributed by atoms with van der Waals surface area (Å²) in [6, 6.07) is 6.13. The average Bonchev–Trinajstić information content (AvgIpc) is 2.76. The fraction of sp³-hybridized carbons (Fsp3) is 0.696. The van der Waals surface area contributed by atoms with Gasteiger partial charge in [-0.2, -0.15) is 0 Å². The van der Waals surface area contributed by atoms with Crippen molar-refractivity contribution in [2.45, 2.75) is 38.7 Å². The zero-order valence-electron chi connectivity index (χ0n) is 19.8. The number of nitrogens with zero attached hydrogens (tertiary/aromatic N) is 2. The maximum absolute atomic E-state index is 10.8. The third-order valence-electron chi connectivity index (χ3n) is 5.61. The highest BCUT2D eigenvalue weighted by Crippen LogP contribution is 2.34. The normalized spacial score (nSPS) is 19.0. The van der Waals surface area contributed by atoms with E-state index in [-0.39, 0.29) is 29.4 Å². The van der Waals surface area contributed by atoms with E-state index in [1.807, 2.05) is 19.9 Å². The summed E-state index contributed by atoms with van der Waals surface area (Å²) in [5.74, 6) is 2.31. The molecule has 0 radical (unpaired) electrons. The molecule has 1 saturated heterocycles. The number of β-amino-alcohol motifs (C(OH)–C–C–N with tert-alkyl or cyclic N) is 1. The lowest BCUT2D eigenvalue weighted by atomic mass is 9.84. The van der Waals surface area contributed by atoms with Crippen LogP contribution in [0.5, 0.6) is 11.5 Å². The van der Waals surface area contributed by atoms with E-state index >= 15 is 0 Å². The van der Waals surface area contributed by atoms with E-state index in [9.17, 15) is 5.11 Å². The summed E-state index contributed by atoms with van der Waals surface area (Å²) in [4.78, 5) is 6.89. The van der Waals surface area contributed by atoms with Crippen molar-refractivity contribution in [2.75, 3.05) is 65.7 Å². The molecule has 32 heavy (non-hydrogen) atoms. The molecule has 1 unspecified atom stereocenters. The van der Waals surface area contributed by atoms with Gasteiger partial charge in [0.05, 0.1) is 25.4 Å². The fourth-order valence-electron chi connectivity index (χ4n) is 3.75. The number of nitrogens with one attached hydrogen (secondary N) is 2. The Bertz CT molecular complexity index is 752. The highest BCUT2D eigenvalue weighted by Gasteiger charge is 2.26. The maximum Gasteiger partial charge on any atom is 0.191 e. The van der Waals surface area contributed by atoms with Crippen molar-refractivity contribution >= 4 is 29.9 Å². The Morgan fingerprint density at radius 3 is 2.44 bits per heavy atom. The SMILES string of the molecule is CCNC(=NCC(C)(O)CN1CCOCC1)NCC(C)(C)c1ccc2c(c1)OCCO2.I. The minimum Gasteiger partial charge on any atom is -0.486 e. The van der Waals surface area contributed by atoms with Crippen molar-refractivity contribution in [1.82, 2.24) is 15.5 Å². The Morgan fingerprint density at radius 2 is 1.75 bits per heavy atom. The third kappa shape index (κ3) is 7.93. The van der Waals surface area contributed by atoms with E-state index in [0.717, 1.165) is 44.3 Å². The monoisotopic (exact) mass is 562 g/mol. The van der Waals surface area contributed by atoms with E-state index in [4.69, 9.17) is 14.2 Å². The van der Waals surface area contributed by atoms with Crippen molar-refractivity contribution in [3.63, 3.8) is 0 Å². The molecule has 1 atom stereocenters. The molecule has 1 fully saturated rings. The Hall–Kier alpha value is -1.30. The van der Waals surface area contributed by atoms with Crippen molar-refractivity contribution in [3.8, 4) is 11.5 Å². The second-order valence-corrected chi connectivity index (χ2v) is 9.18. The number of ether oxygens (including phenoxy) is 3. The predicted molar refractivity (Wildman–Crippen MR) is 138 cm³/mol. The largest absolute Gasteiger partial charge is 0.486 e. The Balaban J connectivity index is 0.00000363. The molecular weight excluding hydrogens is 523 g/mol. The van der Waals surface area contributed by atoms with Gasteiger partial charge in [-0.15, -0.1) is 24.0 Å². The number of hydrogen-bond acceptors (Lipinski definition) is 6. The quantitative estimate of drug-likeness (QED) is 0.254. The molecule has 0 aliphatic carbocycles. The Labute approximate surface area is 209 Å². The van der Waals surface area contributed by atoms with Gasteiger partial charge in [0.15, 0.2) is 17.5 Å². The topological polar surface area (TPSA) is 87.6 Å². The summed E-state index contributed by atoms with van der Waals surface area (Å²) >= 11 is 0. The molecule has 1 aromatic rings. The van der Waals surface area contributed by atoms with Gasteiger partial charge in [0.25, 0.3) is 0 Å². The lowest BCUT2D eigenvalue weighted by Gasteiger charge is -2.33. The van der Waals surface area contributed by atoms with Crippen molar-refractivity contribution in [2.24, 2.45) is 4.99 Å². The second kappa shape index (κ2) is 12.2. The molecular formula is C23H39IN4O4. The summed E-state index contributed by atoms with van der Waals surface area (Å²) in [6.45, 7) is 14.9. The first kappa shape index (κ1) is 26.9. The van der Waals surface area contributed by atoms with Crippen LogP contribution in [0.15, 0.2) is 23.2 Å². The highest BCUT2D eigenvalue weighted by molar-refractivity contribution is 14.0. The number of halogens is 1. The van der Waals surface area contributed by atoms with Gasteiger partial charge in [0.2, 0.25) is 0 Å². The third-order valence-corrected chi connectivity index (χ3v) is 5.61. The molecule has 0 amide bonds. The lowest BCUT2D eigenvalue weighted by Crippen LogP contribution is -2.48. The van der Waals surface area contributed by atoms with Gasteiger partial charge in [0.1, 0.15) is 13.2 Å². The molecule has 0 aromatic heterocycles. The maximum atomic E-state index is 10.8. The Kier molecular flexibility index (Phi) is 10.3. The van der Waals surface area contributed by atoms with Crippen LogP contribution in [-0.4, -0.2) is 87.3 Å². The number of benzene rings is 1. The van der Waals surface area contributed by atoms with E-state index in [2.05, 4.69) is 46.5 Å². The molecule has 2 aliphatic rings. The first-order chi connectivity index (χ1) is 14.8. The highest BCUT2D eigenvalue weighted by atomic mass is 127. The number of morpholine rings is 1. The van der Waals surface area contributed by atoms with Gasteiger partial charge in [-0.05, 0) is 31.5 Å². The summed E-state index contributed by atoms with van der Waals surface area (Å²) < 4.78 is 16.8. The van der Waals surface area contributed by atoms with Gasteiger partial charge in [-0.25, -0.2) is 0 Å². The van der Waals surface area contributed by atoms with Crippen LogP contribution in [0, 0.1) is 0 Å². The number of rotatable bonds is 8. The minimum absolute atomic E-state index is 0. The average molecular weight is 562 g/mol. The molecule has 3 rings (SSSR count). The Morgan fingerprint density at radius 1 is 1.06 bits per heavy atom. The molecule has 1 aromatic carbocycles. The molecule has 0 spiro atoms. The van der Waals surface area contributed by atoms with Crippen molar-refractivity contribution in [3.05, 3.63) is 23.8 Å². The van der Waals surface area contributed by atoms with Crippen LogP contribution >= 0.6 is 24.0 Å². The number of hydrogen-bond donors (Lipinski definition) is 3. The number of fused-ring (bicyclic) bond motifs is 1. The van der Waals surface area contributed by atoms with Crippen molar-refractivity contribution < 1.29 is 19.3 Å². The number of aliphatic hydroxyl groups is 1. The number of aliphatic imine (C=N–C) groups is 1. The molecule has 3 N–H and O–H groups in total. The second-order valence-electron chi connectivity index (χ2n) is 9.18. The van der Waals surface area contributed by atoms with Crippen LogP contribution in [0.25, 0.3) is 0 Å². The van der Waals surface area contributed by atoms with E-state index in [0.29, 0.717) is 38.8 Å². The van der Waals surface area contributed by atoms with Crippen LogP contribution in [0.3, 0.4) is 0 Å². The van der Waals surface area contributed by atoms with Crippen LogP contribution < -0.4 is 20.1 Å². The van der Waals surface area contributed by atoms with Gasteiger partial charge in [-0.3, -0.25) is 9.89 Å². The van der Waals surface area contributed by atoms with Gasteiger partial charge < -0.3 is 30.0 Å². The van der Waals surface area contributed by atoms with E-state index in [1.165, 1.54) is 5.56 Å². The van der Waals surface area contributed by atoms with Crippen molar-refractivity contribution in [1.29, 1.82) is 0 Å². The molecule has 8 nitrogen and oxygen atoms in total. The molecule has 2 aliphatic heterocycles.